The molecule has 8 nitrogen and oxygen atoms in total. The zero-order valence-electron chi connectivity index (χ0n) is 17.5. The van der Waals surface area contributed by atoms with Gasteiger partial charge in [-0.1, -0.05) is 65.3 Å². The quantitative estimate of drug-likeness (QED) is 0.184. The van der Waals surface area contributed by atoms with E-state index in [0.29, 0.717) is 38.0 Å². The highest BCUT2D eigenvalue weighted by atomic mass is 35.5. The molecule has 4 aromatic rings. The Balaban J connectivity index is 1.60. The molecule has 172 valence electrons. The summed E-state index contributed by atoms with van der Waals surface area (Å²) in [5.74, 6) is 0.742. The van der Waals surface area contributed by atoms with E-state index in [-0.39, 0.29) is 18.1 Å². The number of nitro benzene ring substituents is 1. The van der Waals surface area contributed by atoms with Gasteiger partial charge in [0.15, 0.2) is 11.0 Å². The molecule has 4 rings (SSSR count). The highest BCUT2D eigenvalue weighted by molar-refractivity contribution is 7.98. The van der Waals surface area contributed by atoms with Crippen LogP contribution in [0, 0.1) is 10.1 Å². The fourth-order valence-electron chi connectivity index (χ4n) is 3.16. The van der Waals surface area contributed by atoms with Gasteiger partial charge in [-0.3, -0.25) is 19.5 Å². The van der Waals surface area contributed by atoms with E-state index in [4.69, 9.17) is 23.2 Å². The standard InChI is InChI=1S/C23H17Cl2N5O3S/c24-17-10-16(11-18(25)12-17)22(31)26-13-21-27-28-23(34-14-15-4-2-1-3-5-15)29(21)19-6-8-20(9-7-19)30(32)33/h1-12H,13-14H2,(H,26,31). The van der Waals surface area contributed by atoms with Crippen LogP contribution >= 0.6 is 35.0 Å². The minimum atomic E-state index is -0.460. The molecule has 0 bridgehead atoms. The van der Waals surface area contributed by atoms with Crippen molar-refractivity contribution in [1.29, 1.82) is 0 Å². The Morgan fingerprint density at radius 2 is 1.68 bits per heavy atom. The summed E-state index contributed by atoms with van der Waals surface area (Å²) in [6, 6.07) is 20.5. The number of thioether (sulfide) groups is 1. The number of carbonyl (C=O) groups excluding carboxylic acids is 1. The van der Waals surface area contributed by atoms with Gasteiger partial charge in [0, 0.05) is 39.2 Å². The third-order valence-electron chi connectivity index (χ3n) is 4.76. The fourth-order valence-corrected chi connectivity index (χ4v) is 4.61. The van der Waals surface area contributed by atoms with Gasteiger partial charge in [0.05, 0.1) is 11.5 Å². The van der Waals surface area contributed by atoms with Gasteiger partial charge in [0.25, 0.3) is 11.6 Å². The molecule has 34 heavy (non-hydrogen) atoms. The smallest absolute Gasteiger partial charge is 0.269 e. The number of nitrogens with zero attached hydrogens (tertiary/aromatic N) is 4. The first-order chi connectivity index (χ1) is 16.4. The molecular formula is C23H17Cl2N5O3S. The maximum Gasteiger partial charge on any atom is 0.269 e. The topological polar surface area (TPSA) is 103 Å². The highest BCUT2D eigenvalue weighted by Crippen LogP contribution is 2.26. The molecule has 3 aromatic carbocycles. The predicted molar refractivity (Wildman–Crippen MR) is 132 cm³/mol. The van der Waals surface area contributed by atoms with Gasteiger partial charge in [0.1, 0.15) is 0 Å². The molecule has 0 unspecified atom stereocenters. The van der Waals surface area contributed by atoms with Crippen LogP contribution in [0.4, 0.5) is 5.69 Å². The van der Waals surface area contributed by atoms with Crippen LogP contribution in [0.5, 0.6) is 0 Å². The summed E-state index contributed by atoms with van der Waals surface area (Å²) in [6.45, 7) is 0.0683. The second-order valence-corrected chi connectivity index (χ2v) is 8.94. The number of hydrogen-bond acceptors (Lipinski definition) is 6. The van der Waals surface area contributed by atoms with Crippen LogP contribution in [0.1, 0.15) is 21.7 Å². The van der Waals surface area contributed by atoms with Gasteiger partial charge >= 0.3 is 0 Å². The molecule has 0 fully saturated rings. The molecule has 0 saturated heterocycles. The molecule has 1 N–H and O–H groups in total. The minimum Gasteiger partial charge on any atom is -0.345 e. The number of carbonyl (C=O) groups is 1. The first-order valence-corrected chi connectivity index (χ1v) is 11.7. The van der Waals surface area contributed by atoms with Crippen molar-refractivity contribution in [3.63, 3.8) is 0 Å². The molecular weight excluding hydrogens is 497 g/mol. The normalized spacial score (nSPS) is 10.8. The van der Waals surface area contributed by atoms with Crippen molar-refractivity contribution in [2.24, 2.45) is 0 Å². The van der Waals surface area contributed by atoms with Crippen molar-refractivity contribution in [2.45, 2.75) is 17.5 Å². The van der Waals surface area contributed by atoms with Crippen LogP contribution in [-0.4, -0.2) is 25.6 Å². The Morgan fingerprint density at radius 1 is 1.00 bits per heavy atom. The summed E-state index contributed by atoms with van der Waals surface area (Å²) in [6.07, 6.45) is 0. The first kappa shape index (κ1) is 23.7. The summed E-state index contributed by atoms with van der Waals surface area (Å²) in [5.41, 5.74) is 2.04. The number of halogens is 2. The van der Waals surface area contributed by atoms with Crippen molar-refractivity contribution in [3.05, 3.63) is 110 Å². The van der Waals surface area contributed by atoms with Gasteiger partial charge < -0.3 is 5.32 Å². The van der Waals surface area contributed by atoms with E-state index in [0.717, 1.165) is 5.56 Å². The average molecular weight is 514 g/mol. The number of nitrogens with one attached hydrogen (secondary N) is 1. The van der Waals surface area contributed by atoms with E-state index in [1.165, 1.54) is 36.0 Å². The van der Waals surface area contributed by atoms with Crippen LogP contribution < -0.4 is 5.32 Å². The Labute approximate surface area is 209 Å². The molecule has 0 radical (unpaired) electrons. The lowest BCUT2D eigenvalue weighted by Gasteiger charge is -2.11. The summed E-state index contributed by atoms with van der Waals surface area (Å²) in [4.78, 5) is 23.2. The molecule has 0 atom stereocenters. The van der Waals surface area contributed by atoms with E-state index < -0.39 is 4.92 Å². The van der Waals surface area contributed by atoms with Crippen LogP contribution in [-0.2, 0) is 12.3 Å². The van der Waals surface area contributed by atoms with E-state index in [1.54, 1.807) is 22.8 Å². The van der Waals surface area contributed by atoms with E-state index in [2.05, 4.69) is 15.5 Å². The van der Waals surface area contributed by atoms with Crippen LogP contribution in [0.15, 0.2) is 78.0 Å². The number of rotatable bonds is 8. The molecule has 1 heterocycles. The van der Waals surface area contributed by atoms with Gasteiger partial charge in [-0.2, -0.15) is 0 Å². The number of aromatic nitrogens is 3. The minimum absolute atomic E-state index is 0.0250. The zero-order chi connectivity index (χ0) is 24.1. The molecule has 1 amide bonds. The van der Waals surface area contributed by atoms with E-state index >= 15 is 0 Å². The lowest BCUT2D eigenvalue weighted by molar-refractivity contribution is -0.384. The lowest BCUT2D eigenvalue weighted by atomic mass is 10.2. The summed E-state index contributed by atoms with van der Waals surface area (Å²) < 4.78 is 1.77. The molecule has 0 aliphatic heterocycles. The molecule has 11 heteroatoms. The molecule has 1 aromatic heterocycles. The van der Waals surface area contributed by atoms with E-state index in [1.807, 2.05) is 30.3 Å². The van der Waals surface area contributed by atoms with Crippen molar-refractivity contribution in [1.82, 2.24) is 20.1 Å². The van der Waals surface area contributed by atoms with Crippen molar-refractivity contribution < 1.29 is 9.72 Å². The van der Waals surface area contributed by atoms with Gasteiger partial charge in [-0.15, -0.1) is 10.2 Å². The maximum atomic E-state index is 12.6. The largest absolute Gasteiger partial charge is 0.345 e. The highest BCUT2D eigenvalue weighted by Gasteiger charge is 2.17. The van der Waals surface area contributed by atoms with E-state index in [9.17, 15) is 14.9 Å². The number of amides is 1. The molecule has 0 aliphatic rings. The predicted octanol–water partition coefficient (Wildman–Crippen LogP) is 5.70. The number of benzene rings is 3. The Hall–Kier alpha value is -3.40. The Kier molecular flexibility index (Phi) is 7.46. The SMILES string of the molecule is O=C(NCc1nnc(SCc2ccccc2)n1-c1ccc([N+](=O)[O-])cc1)c1cc(Cl)cc(Cl)c1. The Morgan fingerprint density at radius 3 is 2.32 bits per heavy atom. The van der Waals surface area contributed by atoms with Crippen molar-refractivity contribution in [3.8, 4) is 5.69 Å². The lowest BCUT2D eigenvalue weighted by Crippen LogP contribution is -2.24. The molecule has 0 aliphatic carbocycles. The third kappa shape index (κ3) is 5.74. The van der Waals surface area contributed by atoms with Crippen molar-refractivity contribution >= 4 is 46.6 Å². The maximum absolute atomic E-state index is 12.6. The number of nitro groups is 1. The van der Waals surface area contributed by atoms with Crippen molar-refractivity contribution in [2.75, 3.05) is 0 Å². The molecule has 0 spiro atoms. The second-order valence-electron chi connectivity index (χ2n) is 7.12. The van der Waals surface area contributed by atoms with Gasteiger partial charge in [0.2, 0.25) is 0 Å². The second kappa shape index (κ2) is 10.7. The number of non-ortho nitro benzene ring substituents is 1. The number of hydrogen-bond donors (Lipinski definition) is 1. The zero-order valence-corrected chi connectivity index (χ0v) is 19.8. The third-order valence-corrected chi connectivity index (χ3v) is 6.20. The first-order valence-electron chi connectivity index (χ1n) is 10.0. The summed E-state index contributed by atoms with van der Waals surface area (Å²) in [5, 5.41) is 23.7. The summed E-state index contributed by atoms with van der Waals surface area (Å²) in [7, 11) is 0. The fraction of sp³-hybridized carbons (Fsp3) is 0.0870. The monoisotopic (exact) mass is 513 g/mol. The van der Waals surface area contributed by atoms with Crippen LogP contribution in [0.3, 0.4) is 0 Å². The van der Waals surface area contributed by atoms with Crippen LogP contribution in [0.25, 0.3) is 5.69 Å². The summed E-state index contributed by atoms with van der Waals surface area (Å²) >= 11 is 13.5. The van der Waals surface area contributed by atoms with Gasteiger partial charge in [-0.05, 0) is 35.9 Å². The Bertz CT molecular complexity index is 1310. The molecule has 0 saturated carbocycles. The van der Waals surface area contributed by atoms with Gasteiger partial charge in [-0.25, -0.2) is 0 Å². The van der Waals surface area contributed by atoms with Crippen LogP contribution in [0.2, 0.25) is 10.0 Å². The average Bonchev–Trinajstić information content (AvgIpc) is 3.24.